The number of unbranched alkanes of at least 4 members (excludes halogenated alkanes) is 1. The predicted molar refractivity (Wildman–Crippen MR) is 68.2 cm³/mol. The van der Waals surface area contributed by atoms with E-state index < -0.39 is 0 Å². The summed E-state index contributed by atoms with van der Waals surface area (Å²) in [7, 11) is 0. The lowest BCUT2D eigenvalue weighted by Gasteiger charge is -2.10. The normalized spacial score (nSPS) is 10.0. The maximum absolute atomic E-state index is 11.9. The van der Waals surface area contributed by atoms with Gasteiger partial charge >= 0.3 is 0 Å². The number of rotatable bonds is 7. The van der Waals surface area contributed by atoms with Crippen LogP contribution in [0.15, 0.2) is 24.3 Å². The van der Waals surface area contributed by atoms with Gasteiger partial charge in [0.25, 0.3) is 5.91 Å². The molecule has 3 N–H and O–H groups in total. The lowest BCUT2D eigenvalue weighted by atomic mass is 10.2. The summed E-state index contributed by atoms with van der Waals surface area (Å²) in [5.74, 6) is 0.539. The van der Waals surface area contributed by atoms with Crippen LogP contribution in [0, 0.1) is 0 Å². The molecule has 0 radical (unpaired) electrons. The molecule has 0 bridgehead atoms. The number of carbonyl (C=O) groups excluding carboxylic acids is 1. The fourth-order valence-electron chi connectivity index (χ4n) is 1.50. The molecule has 0 aliphatic heterocycles. The van der Waals surface area contributed by atoms with Gasteiger partial charge in [0.15, 0.2) is 0 Å². The second-order valence-electron chi connectivity index (χ2n) is 3.68. The number of hydrogen-bond acceptors (Lipinski definition) is 3. The number of nitrogens with two attached hydrogens (primary N) is 1. The van der Waals surface area contributed by atoms with Crippen LogP contribution in [0.1, 0.15) is 30.1 Å². The molecule has 4 heteroatoms. The van der Waals surface area contributed by atoms with Gasteiger partial charge in [-0.15, -0.1) is 0 Å². The molecule has 0 heterocycles. The highest BCUT2D eigenvalue weighted by Gasteiger charge is 2.10. The number of hydrogen-bond donors (Lipinski definition) is 2. The molecule has 0 spiro atoms. The first-order valence-electron chi connectivity index (χ1n) is 5.99. The summed E-state index contributed by atoms with van der Waals surface area (Å²) >= 11 is 0. The fourth-order valence-corrected chi connectivity index (χ4v) is 1.50. The number of para-hydroxylation sites is 1. The summed E-state index contributed by atoms with van der Waals surface area (Å²) in [6.07, 6.45) is 1.83. The molecule has 4 nitrogen and oxygen atoms in total. The van der Waals surface area contributed by atoms with Gasteiger partial charge in [0.2, 0.25) is 0 Å². The minimum Gasteiger partial charge on any atom is -0.493 e. The van der Waals surface area contributed by atoms with Gasteiger partial charge in [-0.25, -0.2) is 0 Å². The van der Waals surface area contributed by atoms with Gasteiger partial charge in [-0.05, 0) is 38.4 Å². The zero-order valence-corrected chi connectivity index (χ0v) is 10.2. The molecule has 0 saturated heterocycles. The average molecular weight is 236 g/mol. The zero-order valence-electron chi connectivity index (χ0n) is 10.2. The minimum absolute atomic E-state index is 0.0916. The van der Waals surface area contributed by atoms with E-state index in [1.165, 1.54) is 0 Å². The predicted octanol–water partition coefficient (Wildman–Crippen LogP) is 1.55. The van der Waals surface area contributed by atoms with E-state index in [0.717, 1.165) is 12.8 Å². The molecule has 17 heavy (non-hydrogen) atoms. The highest BCUT2D eigenvalue weighted by atomic mass is 16.5. The molecule has 0 fully saturated rings. The van der Waals surface area contributed by atoms with Crippen LogP contribution in [0.5, 0.6) is 5.75 Å². The van der Waals surface area contributed by atoms with E-state index in [2.05, 4.69) is 5.32 Å². The SMILES string of the molecule is CCOc1ccccc1C(=O)NCCCCN. The Morgan fingerprint density at radius 1 is 1.35 bits per heavy atom. The quantitative estimate of drug-likeness (QED) is 0.706. The van der Waals surface area contributed by atoms with Crippen molar-refractivity contribution in [1.82, 2.24) is 5.32 Å². The van der Waals surface area contributed by atoms with Crippen molar-refractivity contribution in [2.75, 3.05) is 19.7 Å². The molecule has 0 unspecified atom stereocenters. The molecule has 0 atom stereocenters. The monoisotopic (exact) mass is 236 g/mol. The average Bonchev–Trinajstić information content (AvgIpc) is 2.35. The standard InChI is InChI=1S/C13H20N2O2/c1-2-17-12-8-4-3-7-11(12)13(16)15-10-6-5-9-14/h3-4,7-8H,2,5-6,9-10,14H2,1H3,(H,15,16). The fraction of sp³-hybridized carbons (Fsp3) is 0.462. The highest BCUT2D eigenvalue weighted by Crippen LogP contribution is 2.17. The molecular weight excluding hydrogens is 216 g/mol. The first-order valence-corrected chi connectivity index (χ1v) is 5.99. The zero-order chi connectivity index (χ0) is 12.5. The third kappa shape index (κ3) is 4.44. The van der Waals surface area contributed by atoms with Crippen molar-refractivity contribution in [3.05, 3.63) is 29.8 Å². The van der Waals surface area contributed by atoms with Gasteiger partial charge in [0.1, 0.15) is 5.75 Å². The second kappa shape index (κ2) is 7.68. The lowest BCUT2D eigenvalue weighted by Crippen LogP contribution is -2.25. The van der Waals surface area contributed by atoms with Gasteiger partial charge in [-0.1, -0.05) is 12.1 Å². The van der Waals surface area contributed by atoms with E-state index in [4.69, 9.17) is 10.5 Å². The number of ether oxygens (including phenoxy) is 1. The van der Waals surface area contributed by atoms with Crippen molar-refractivity contribution in [3.63, 3.8) is 0 Å². The Labute approximate surface area is 102 Å². The Hall–Kier alpha value is -1.55. The molecular formula is C13H20N2O2. The van der Waals surface area contributed by atoms with Gasteiger partial charge in [0, 0.05) is 6.54 Å². The van der Waals surface area contributed by atoms with E-state index in [1.54, 1.807) is 12.1 Å². The summed E-state index contributed by atoms with van der Waals surface area (Å²) in [6.45, 7) is 3.76. The van der Waals surface area contributed by atoms with Crippen LogP contribution < -0.4 is 15.8 Å². The Morgan fingerprint density at radius 3 is 2.82 bits per heavy atom. The number of benzene rings is 1. The molecule has 94 valence electrons. The first-order chi connectivity index (χ1) is 8.29. The second-order valence-corrected chi connectivity index (χ2v) is 3.68. The van der Waals surface area contributed by atoms with E-state index in [1.807, 2.05) is 19.1 Å². The smallest absolute Gasteiger partial charge is 0.255 e. The molecule has 0 aromatic heterocycles. The number of carbonyl (C=O) groups is 1. The lowest BCUT2D eigenvalue weighted by molar-refractivity contribution is 0.0949. The molecule has 0 aliphatic carbocycles. The van der Waals surface area contributed by atoms with Crippen molar-refractivity contribution >= 4 is 5.91 Å². The van der Waals surface area contributed by atoms with Crippen LogP contribution in [0.4, 0.5) is 0 Å². The van der Waals surface area contributed by atoms with Crippen molar-refractivity contribution in [1.29, 1.82) is 0 Å². The van der Waals surface area contributed by atoms with E-state index in [-0.39, 0.29) is 5.91 Å². The highest BCUT2D eigenvalue weighted by molar-refractivity contribution is 5.96. The third-order valence-corrected chi connectivity index (χ3v) is 2.35. The van der Waals surface area contributed by atoms with Gasteiger partial charge in [0.05, 0.1) is 12.2 Å². The Bertz CT molecular complexity index is 353. The first kappa shape index (κ1) is 13.5. The summed E-state index contributed by atoms with van der Waals surface area (Å²) in [5, 5.41) is 2.86. The molecule has 0 saturated carbocycles. The van der Waals surface area contributed by atoms with Crippen molar-refractivity contribution in [2.45, 2.75) is 19.8 Å². The third-order valence-electron chi connectivity index (χ3n) is 2.35. The number of nitrogens with one attached hydrogen (secondary N) is 1. The summed E-state index contributed by atoms with van der Waals surface area (Å²) in [4.78, 5) is 11.9. The van der Waals surface area contributed by atoms with Crippen molar-refractivity contribution in [3.8, 4) is 5.75 Å². The molecule has 1 rings (SSSR count). The molecule has 1 amide bonds. The maximum atomic E-state index is 11.9. The summed E-state index contributed by atoms with van der Waals surface area (Å²) in [6, 6.07) is 7.26. The van der Waals surface area contributed by atoms with Crippen molar-refractivity contribution < 1.29 is 9.53 Å². The van der Waals surface area contributed by atoms with E-state index in [0.29, 0.717) is 31.0 Å². The van der Waals surface area contributed by atoms with Crippen LogP contribution in [0.25, 0.3) is 0 Å². The molecule has 1 aromatic carbocycles. The van der Waals surface area contributed by atoms with Crippen molar-refractivity contribution in [2.24, 2.45) is 5.73 Å². The van der Waals surface area contributed by atoms with Gasteiger partial charge < -0.3 is 15.8 Å². The van der Waals surface area contributed by atoms with Crippen LogP contribution in [0.3, 0.4) is 0 Å². The van der Waals surface area contributed by atoms with Crippen LogP contribution in [-0.4, -0.2) is 25.6 Å². The molecule has 1 aromatic rings. The molecule has 0 aliphatic rings. The largest absolute Gasteiger partial charge is 0.493 e. The summed E-state index contributed by atoms with van der Waals surface area (Å²) < 4.78 is 5.40. The Balaban J connectivity index is 2.55. The minimum atomic E-state index is -0.0916. The van der Waals surface area contributed by atoms with Crippen LogP contribution in [0.2, 0.25) is 0 Å². The van der Waals surface area contributed by atoms with Gasteiger partial charge in [-0.2, -0.15) is 0 Å². The number of amides is 1. The van der Waals surface area contributed by atoms with Crippen LogP contribution >= 0.6 is 0 Å². The van der Waals surface area contributed by atoms with E-state index in [9.17, 15) is 4.79 Å². The Morgan fingerprint density at radius 2 is 2.12 bits per heavy atom. The van der Waals surface area contributed by atoms with E-state index >= 15 is 0 Å². The van der Waals surface area contributed by atoms with Gasteiger partial charge in [-0.3, -0.25) is 4.79 Å². The maximum Gasteiger partial charge on any atom is 0.255 e. The topological polar surface area (TPSA) is 64.3 Å². The Kier molecular flexibility index (Phi) is 6.10. The van der Waals surface area contributed by atoms with Crippen LogP contribution in [-0.2, 0) is 0 Å². The summed E-state index contributed by atoms with van der Waals surface area (Å²) in [5.41, 5.74) is 5.97.